The van der Waals surface area contributed by atoms with Crippen molar-refractivity contribution in [1.29, 1.82) is 0 Å². The first kappa shape index (κ1) is 33.7. The van der Waals surface area contributed by atoms with Crippen LogP contribution in [0, 0.1) is 5.92 Å². The molecule has 240 valence electrons. The van der Waals surface area contributed by atoms with Gasteiger partial charge in [-0.05, 0) is 73.4 Å². The van der Waals surface area contributed by atoms with Gasteiger partial charge in [0.1, 0.15) is 23.9 Å². The summed E-state index contributed by atoms with van der Waals surface area (Å²) in [6.07, 6.45) is 7.21. The third-order valence-electron chi connectivity index (χ3n) is 9.59. The predicted molar refractivity (Wildman–Crippen MR) is 170 cm³/mol. The van der Waals surface area contributed by atoms with Gasteiger partial charge in [-0.1, -0.05) is 56.9 Å². The van der Waals surface area contributed by atoms with Crippen LogP contribution < -0.4 is 10.1 Å². The van der Waals surface area contributed by atoms with Crippen LogP contribution in [0.4, 0.5) is 0 Å². The minimum atomic E-state index is -0.964. The van der Waals surface area contributed by atoms with Crippen LogP contribution in [0.1, 0.15) is 86.2 Å². The number of piperazine rings is 1. The molecule has 5 rings (SSSR count). The van der Waals surface area contributed by atoms with E-state index in [1.165, 1.54) is 18.6 Å². The molecule has 1 spiro atoms. The number of piperidine rings is 1. The molecule has 2 saturated heterocycles. The molecule has 0 radical (unpaired) electrons. The fraction of sp³-hybridized carbons (Fsp3) is 0.559. The lowest BCUT2D eigenvalue weighted by Crippen LogP contribution is -2.75. The van der Waals surface area contributed by atoms with Crippen LogP contribution >= 0.6 is 12.4 Å². The lowest BCUT2D eigenvalue weighted by Gasteiger charge is -2.52. The number of carboxylic acids is 1. The number of hydrogen-bond donors (Lipinski definition) is 3. The van der Waals surface area contributed by atoms with Crippen molar-refractivity contribution in [2.45, 2.75) is 95.5 Å². The molecular weight excluding hydrogens is 582 g/mol. The summed E-state index contributed by atoms with van der Waals surface area (Å²) in [5.41, 5.74) is 1.54. The standard InChI is InChI=1S/C34H45N3O6.ClH/c1-2-3-19-37-31(39)29(30(38)26-7-5-4-6-8-26)35-33(42)34(37)17-20-36(21-18-34)22-24-9-11-25(12-10-24)23-43-28-15-13-27(14-16-28)32(40)41;/h9-16,26,29-30,38H,2-8,17-23H2,1H3,(H,35,42)(H,40,41);1H/t29-,30-;/m1./s1. The van der Waals surface area contributed by atoms with Gasteiger partial charge in [-0.3, -0.25) is 14.5 Å². The molecule has 44 heavy (non-hydrogen) atoms. The van der Waals surface area contributed by atoms with Gasteiger partial charge in [-0.2, -0.15) is 0 Å². The number of likely N-dealkylation sites (tertiary alicyclic amines) is 1. The molecule has 2 atom stereocenters. The molecule has 0 unspecified atom stereocenters. The second-order valence-corrected chi connectivity index (χ2v) is 12.4. The average Bonchev–Trinajstić information content (AvgIpc) is 3.03. The minimum Gasteiger partial charge on any atom is -0.489 e. The number of nitrogens with zero attached hydrogens (tertiary/aromatic N) is 2. The topological polar surface area (TPSA) is 119 Å². The summed E-state index contributed by atoms with van der Waals surface area (Å²) >= 11 is 0. The highest BCUT2D eigenvalue weighted by molar-refractivity contribution is 6.00. The first-order valence-electron chi connectivity index (χ1n) is 15.9. The Balaban J connectivity index is 0.00000442. The van der Waals surface area contributed by atoms with Gasteiger partial charge < -0.3 is 25.2 Å². The van der Waals surface area contributed by atoms with E-state index in [-0.39, 0.29) is 35.7 Å². The molecule has 2 amide bonds. The third kappa shape index (κ3) is 7.56. The number of carbonyl (C=O) groups excluding carboxylic acids is 2. The quantitative estimate of drug-likeness (QED) is 0.328. The Kier molecular flexibility index (Phi) is 11.7. The Labute approximate surface area is 266 Å². The Morgan fingerprint density at radius 3 is 2.25 bits per heavy atom. The highest BCUT2D eigenvalue weighted by atomic mass is 35.5. The van der Waals surface area contributed by atoms with E-state index in [0.717, 1.165) is 56.2 Å². The van der Waals surface area contributed by atoms with Crippen LogP contribution in [0.25, 0.3) is 0 Å². The van der Waals surface area contributed by atoms with Crippen molar-refractivity contribution in [1.82, 2.24) is 15.1 Å². The number of rotatable bonds is 11. The number of unbranched alkanes of at least 4 members (excludes halogenated alkanes) is 1. The van der Waals surface area contributed by atoms with Gasteiger partial charge in [-0.15, -0.1) is 12.4 Å². The summed E-state index contributed by atoms with van der Waals surface area (Å²) in [7, 11) is 0. The molecule has 1 saturated carbocycles. The maximum absolute atomic E-state index is 13.8. The third-order valence-corrected chi connectivity index (χ3v) is 9.59. The second-order valence-electron chi connectivity index (χ2n) is 12.4. The number of benzene rings is 2. The summed E-state index contributed by atoms with van der Waals surface area (Å²) in [6.45, 7) is 5.18. The highest BCUT2D eigenvalue weighted by Crippen LogP contribution is 2.36. The maximum Gasteiger partial charge on any atom is 0.335 e. The molecule has 9 nitrogen and oxygen atoms in total. The predicted octanol–water partition coefficient (Wildman–Crippen LogP) is 4.79. The number of hydrogen-bond acceptors (Lipinski definition) is 6. The van der Waals surface area contributed by atoms with Crippen LogP contribution in [0.5, 0.6) is 5.75 Å². The molecule has 1 aliphatic carbocycles. The smallest absolute Gasteiger partial charge is 0.335 e. The van der Waals surface area contributed by atoms with E-state index in [0.29, 0.717) is 44.8 Å². The second kappa shape index (κ2) is 15.2. The van der Waals surface area contributed by atoms with Crippen molar-refractivity contribution in [3.8, 4) is 5.75 Å². The molecule has 3 aliphatic rings. The Hall–Kier alpha value is -3.14. The number of amides is 2. The molecule has 10 heteroatoms. The molecule has 2 heterocycles. The highest BCUT2D eigenvalue weighted by Gasteiger charge is 2.55. The van der Waals surface area contributed by atoms with Gasteiger partial charge in [0.15, 0.2) is 0 Å². The van der Waals surface area contributed by atoms with Gasteiger partial charge in [0.2, 0.25) is 11.8 Å². The van der Waals surface area contributed by atoms with Gasteiger partial charge in [0, 0.05) is 26.2 Å². The van der Waals surface area contributed by atoms with Crippen molar-refractivity contribution >= 4 is 30.2 Å². The van der Waals surface area contributed by atoms with E-state index in [2.05, 4.69) is 29.3 Å². The van der Waals surface area contributed by atoms with Crippen LogP contribution in [0.3, 0.4) is 0 Å². The zero-order valence-corrected chi connectivity index (χ0v) is 26.4. The number of nitrogens with one attached hydrogen (secondary N) is 1. The summed E-state index contributed by atoms with van der Waals surface area (Å²) in [4.78, 5) is 42.7. The lowest BCUT2D eigenvalue weighted by molar-refractivity contribution is -0.166. The van der Waals surface area contributed by atoms with Gasteiger partial charge >= 0.3 is 5.97 Å². The fourth-order valence-electron chi connectivity index (χ4n) is 6.90. The lowest BCUT2D eigenvalue weighted by atomic mass is 9.78. The maximum atomic E-state index is 13.8. The van der Waals surface area contributed by atoms with E-state index in [1.54, 1.807) is 12.1 Å². The number of aliphatic hydroxyl groups excluding tert-OH is 1. The van der Waals surface area contributed by atoms with Gasteiger partial charge in [-0.25, -0.2) is 4.79 Å². The monoisotopic (exact) mass is 627 g/mol. The van der Waals surface area contributed by atoms with Crippen LogP contribution in [-0.4, -0.2) is 75.1 Å². The summed E-state index contributed by atoms with van der Waals surface area (Å²) in [5.74, 6) is -0.506. The molecule has 0 bridgehead atoms. The molecule has 2 aromatic carbocycles. The number of carboxylic acid groups (broad SMARTS) is 1. The van der Waals surface area contributed by atoms with E-state index < -0.39 is 23.7 Å². The average molecular weight is 628 g/mol. The molecule has 3 fully saturated rings. The Morgan fingerprint density at radius 1 is 1.00 bits per heavy atom. The number of ether oxygens (including phenoxy) is 1. The summed E-state index contributed by atoms with van der Waals surface area (Å²) in [6, 6.07) is 13.7. The SMILES string of the molecule is CCCCN1C(=O)[C@@H]([C@H](O)C2CCCCC2)NC(=O)C12CCN(Cc1ccc(COc3ccc(C(=O)O)cc3)cc1)CC2.Cl. The van der Waals surface area contributed by atoms with Crippen LogP contribution in [0.15, 0.2) is 48.5 Å². The van der Waals surface area contributed by atoms with E-state index >= 15 is 0 Å². The van der Waals surface area contributed by atoms with E-state index in [1.807, 2.05) is 17.0 Å². The van der Waals surface area contributed by atoms with E-state index in [4.69, 9.17) is 9.84 Å². The fourth-order valence-corrected chi connectivity index (χ4v) is 6.90. The molecule has 3 N–H and O–H groups in total. The van der Waals surface area contributed by atoms with Crippen LogP contribution in [0.2, 0.25) is 0 Å². The Bertz CT molecular complexity index is 1260. The van der Waals surface area contributed by atoms with Gasteiger partial charge in [0.05, 0.1) is 11.7 Å². The first-order chi connectivity index (χ1) is 20.8. The number of aliphatic hydroxyl groups is 1. The summed E-state index contributed by atoms with van der Waals surface area (Å²) in [5, 5.41) is 23.2. The zero-order chi connectivity index (χ0) is 30.4. The largest absolute Gasteiger partial charge is 0.489 e. The van der Waals surface area contributed by atoms with Gasteiger partial charge in [0.25, 0.3) is 0 Å². The summed E-state index contributed by atoms with van der Waals surface area (Å²) < 4.78 is 5.80. The van der Waals surface area contributed by atoms with Crippen molar-refractivity contribution in [3.05, 3.63) is 65.2 Å². The molecular formula is C34H46ClN3O6. The molecule has 2 aromatic rings. The van der Waals surface area contributed by atoms with E-state index in [9.17, 15) is 19.5 Å². The molecule has 0 aromatic heterocycles. The number of aromatic carboxylic acids is 1. The normalized spacial score (nSPS) is 21.4. The van der Waals surface area contributed by atoms with Crippen molar-refractivity contribution in [2.24, 2.45) is 5.92 Å². The van der Waals surface area contributed by atoms with Crippen molar-refractivity contribution < 1.29 is 29.3 Å². The van der Waals surface area contributed by atoms with Crippen molar-refractivity contribution in [2.75, 3.05) is 19.6 Å². The number of carbonyl (C=O) groups is 3. The zero-order valence-electron chi connectivity index (χ0n) is 25.6. The van der Waals surface area contributed by atoms with Crippen LogP contribution in [-0.2, 0) is 22.7 Å². The van der Waals surface area contributed by atoms with Crippen molar-refractivity contribution in [3.63, 3.8) is 0 Å². The Morgan fingerprint density at radius 2 is 1.64 bits per heavy atom. The minimum absolute atomic E-state index is 0. The molecule has 2 aliphatic heterocycles. The first-order valence-corrected chi connectivity index (χ1v) is 15.9. The number of halogens is 1.